The van der Waals surface area contributed by atoms with Crippen LogP contribution in [-0.2, 0) is 0 Å². The Kier molecular flexibility index (Phi) is 3.09. The highest BCUT2D eigenvalue weighted by atomic mass is 79.9. The van der Waals surface area contributed by atoms with E-state index in [9.17, 15) is 0 Å². The zero-order chi connectivity index (χ0) is 7.72. The number of hydrogen-bond donors (Lipinski definition) is 0. The average Bonchev–Trinajstić information content (AvgIpc) is 1.84. The third-order valence-corrected chi connectivity index (χ3v) is 3.42. The Hall–Kier alpha value is 0.810. The zero-order valence-corrected chi connectivity index (χ0v) is 9.92. The first-order valence-corrected chi connectivity index (χ1v) is 4.91. The van der Waals surface area contributed by atoms with Gasteiger partial charge in [-0.3, -0.25) is 0 Å². The largest absolute Gasteiger partial charge is 0.228 e. The molecular formula is C4Br3ClN2. The molecule has 0 aliphatic heterocycles. The molecule has 0 amide bonds. The summed E-state index contributed by atoms with van der Waals surface area (Å²) in [7, 11) is 0. The van der Waals surface area contributed by atoms with Gasteiger partial charge in [-0.1, -0.05) is 11.6 Å². The van der Waals surface area contributed by atoms with Crippen LogP contribution in [0.5, 0.6) is 0 Å². The number of hydrogen-bond acceptors (Lipinski definition) is 2. The topological polar surface area (TPSA) is 25.8 Å². The second kappa shape index (κ2) is 3.47. The van der Waals surface area contributed by atoms with Gasteiger partial charge in [0.15, 0.2) is 5.15 Å². The van der Waals surface area contributed by atoms with Crippen LogP contribution in [0.2, 0.25) is 5.15 Å². The first-order chi connectivity index (χ1) is 4.61. The van der Waals surface area contributed by atoms with Crippen molar-refractivity contribution in [1.82, 2.24) is 9.97 Å². The summed E-state index contributed by atoms with van der Waals surface area (Å²) in [5, 5.41) is 0.343. The predicted octanol–water partition coefficient (Wildman–Crippen LogP) is 3.42. The standard InChI is InChI=1S/C4Br3ClN2/c5-1-2(6)10-4(8)3(7)9-1. The molecule has 0 aromatic carbocycles. The van der Waals surface area contributed by atoms with E-state index in [-0.39, 0.29) is 0 Å². The molecule has 0 N–H and O–H groups in total. The fraction of sp³-hybridized carbons (Fsp3) is 0. The van der Waals surface area contributed by atoms with E-state index in [1.54, 1.807) is 0 Å². The molecule has 0 atom stereocenters. The molecular weight excluding hydrogens is 351 g/mol. The Morgan fingerprint density at radius 2 is 1.40 bits per heavy atom. The monoisotopic (exact) mass is 348 g/mol. The molecule has 0 radical (unpaired) electrons. The normalized spacial score (nSPS) is 10.0. The van der Waals surface area contributed by atoms with Crippen molar-refractivity contribution < 1.29 is 0 Å². The van der Waals surface area contributed by atoms with Gasteiger partial charge in [-0.05, 0) is 47.8 Å². The molecule has 2 nitrogen and oxygen atoms in total. The minimum absolute atomic E-state index is 0.343. The maximum Gasteiger partial charge on any atom is 0.163 e. The van der Waals surface area contributed by atoms with Gasteiger partial charge >= 0.3 is 0 Å². The Morgan fingerprint density at radius 3 is 1.90 bits per heavy atom. The fourth-order valence-electron chi connectivity index (χ4n) is 0.357. The van der Waals surface area contributed by atoms with Gasteiger partial charge in [0.2, 0.25) is 0 Å². The summed E-state index contributed by atoms with van der Waals surface area (Å²) in [6.45, 7) is 0. The van der Waals surface area contributed by atoms with Crippen LogP contribution in [0.3, 0.4) is 0 Å². The molecule has 0 saturated carbocycles. The number of aromatic nitrogens is 2. The molecule has 6 heteroatoms. The van der Waals surface area contributed by atoms with Gasteiger partial charge in [0.1, 0.15) is 13.8 Å². The average molecular weight is 351 g/mol. The molecule has 54 valence electrons. The highest BCUT2D eigenvalue weighted by molar-refractivity contribution is 9.13. The van der Waals surface area contributed by atoms with Gasteiger partial charge in [0, 0.05) is 0 Å². The number of nitrogens with zero attached hydrogens (tertiary/aromatic N) is 2. The van der Waals surface area contributed by atoms with Crippen molar-refractivity contribution in [1.29, 1.82) is 0 Å². The summed E-state index contributed by atoms with van der Waals surface area (Å²) in [5.41, 5.74) is 0. The minimum atomic E-state index is 0.343. The van der Waals surface area contributed by atoms with Gasteiger partial charge in [0.25, 0.3) is 0 Å². The first kappa shape index (κ1) is 8.90. The third-order valence-electron chi connectivity index (χ3n) is 0.733. The number of rotatable bonds is 0. The molecule has 0 fully saturated rings. The van der Waals surface area contributed by atoms with Crippen molar-refractivity contribution in [3.05, 3.63) is 19.0 Å². The van der Waals surface area contributed by atoms with Crippen molar-refractivity contribution >= 4 is 59.4 Å². The summed E-state index contributed by atoms with van der Waals surface area (Å²) in [4.78, 5) is 7.86. The molecule has 0 unspecified atom stereocenters. The van der Waals surface area contributed by atoms with E-state index < -0.39 is 0 Å². The van der Waals surface area contributed by atoms with E-state index in [0.717, 1.165) is 0 Å². The first-order valence-electron chi connectivity index (χ1n) is 2.15. The molecule has 1 rings (SSSR count). The third kappa shape index (κ3) is 1.90. The summed E-state index contributed by atoms with van der Waals surface area (Å²) in [6.07, 6.45) is 0. The summed E-state index contributed by atoms with van der Waals surface area (Å²) in [5.74, 6) is 0. The smallest absolute Gasteiger partial charge is 0.163 e. The molecule has 1 heterocycles. The van der Waals surface area contributed by atoms with Gasteiger partial charge in [-0.2, -0.15) is 0 Å². The van der Waals surface area contributed by atoms with E-state index in [2.05, 4.69) is 57.8 Å². The van der Waals surface area contributed by atoms with Crippen LogP contribution in [0.1, 0.15) is 0 Å². The van der Waals surface area contributed by atoms with Crippen molar-refractivity contribution in [2.75, 3.05) is 0 Å². The van der Waals surface area contributed by atoms with Crippen LogP contribution in [0, 0.1) is 0 Å². The highest BCUT2D eigenvalue weighted by Gasteiger charge is 2.04. The maximum absolute atomic E-state index is 5.61. The lowest BCUT2D eigenvalue weighted by molar-refractivity contribution is 1.10. The SMILES string of the molecule is Clc1nc(Br)c(Br)nc1Br. The highest BCUT2D eigenvalue weighted by Crippen LogP contribution is 2.25. The van der Waals surface area contributed by atoms with Crippen molar-refractivity contribution in [3.63, 3.8) is 0 Å². The second-order valence-corrected chi connectivity index (χ2v) is 4.00. The molecule has 0 saturated heterocycles. The molecule has 1 aromatic rings. The van der Waals surface area contributed by atoms with Crippen molar-refractivity contribution in [2.45, 2.75) is 0 Å². The summed E-state index contributed by atoms with van der Waals surface area (Å²) in [6, 6.07) is 0. The maximum atomic E-state index is 5.61. The van der Waals surface area contributed by atoms with E-state index in [0.29, 0.717) is 19.0 Å². The van der Waals surface area contributed by atoms with Crippen molar-refractivity contribution in [2.24, 2.45) is 0 Å². The molecule has 0 bridgehead atoms. The van der Waals surface area contributed by atoms with E-state index in [1.165, 1.54) is 0 Å². The van der Waals surface area contributed by atoms with Gasteiger partial charge in [-0.15, -0.1) is 0 Å². The van der Waals surface area contributed by atoms with Crippen LogP contribution >= 0.6 is 59.4 Å². The van der Waals surface area contributed by atoms with Crippen LogP contribution in [-0.4, -0.2) is 9.97 Å². The van der Waals surface area contributed by atoms with Gasteiger partial charge < -0.3 is 0 Å². The lowest BCUT2D eigenvalue weighted by atomic mass is 10.8. The van der Waals surface area contributed by atoms with Crippen LogP contribution in [0.4, 0.5) is 0 Å². The minimum Gasteiger partial charge on any atom is -0.228 e. The predicted molar refractivity (Wildman–Crippen MR) is 50.1 cm³/mol. The molecule has 0 aliphatic carbocycles. The Labute approximate surface area is 87.8 Å². The van der Waals surface area contributed by atoms with Crippen LogP contribution in [0.15, 0.2) is 13.8 Å². The second-order valence-electron chi connectivity index (χ2n) is 1.39. The fourth-order valence-corrected chi connectivity index (χ4v) is 1.62. The van der Waals surface area contributed by atoms with E-state index in [4.69, 9.17) is 11.6 Å². The molecule has 0 aliphatic rings. The molecule has 10 heavy (non-hydrogen) atoms. The van der Waals surface area contributed by atoms with Gasteiger partial charge in [-0.25, -0.2) is 9.97 Å². The molecule has 1 aromatic heterocycles. The lowest BCUT2D eigenvalue weighted by Gasteiger charge is -1.96. The lowest BCUT2D eigenvalue weighted by Crippen LogP contribution is -1.85. The quantitative estimate of drug-likeness (QED) is 0.716. The van der Waals surface area contributed by atoms with E-state index in [1.807, 2.05) is 0 Å². The summed E-state index contributed by atoms with van der Waals surface area (Å²) >= 11 is 15.1. The van der Waals surface area contributed by atoms with Crippen LogP contribution in [0.25, 0.3) is 0 Å². The van der Waals surface area contributed by atoms with Gasteiger partial charge in [0.05, 0.1) is 0 Å². The Bertz CT molecular complexity index is 215. The Balaban J connectivity index is 3.28. The summed E-state index contributed by atoms with van der Waals surface area (Å²) < 4.78 is 1.76. The van der Waals surface area contributed by atoms with Crippen molar-refractivity contribution in [3.8, 4) is 0 Å². The zero-order valence-electron chi connectivity index (χ0n) is 4.41. The van der Waals surface area contributed by atoms with Crippen LogP contribution < -0.4 is 0 Å². The number of halogens is 4. The van der Waals surface area contributed by atoms with E-state index >= 15 is 0 Å². The Morgan fingerprint density at radius 1 is 0.900 bits per heavy atom. The molecule has 0 spiro atoms.